The summed E-state index contributed by atoms with van der Waals surface area (Å²) in [6, 6.07) is 2.84. The van der Waals surface area contributed by atoms with E-state index in [1.165, 1.54) is 6.07 Å². The van der Waals surface area contributed by atoms with Crippen molar-refractivity contribution in [3.05, 3.63) is 33.8 Å². The van der Waals surface area contributed by atoms with Crippen molar-refractivity contribution in [1.82, 2.24) is 9.78 Å². The SMILES string of the molecule is Cc1nn(-c2cc(OC(C)C)c(F)cc2N)c(C)c1Br. The maximum atomic E-state index is 13.8. The Labute approximate surface area is 125 Å². The van der Waals surface area contributed by atoms with E-state index in [2.05, 4.69) is 21.0 Å². The Hall–Kier alpha value is -1.56. The van der Waals surface area contributed by atoms with Crippen LogP contribution in [0.1, 0.15) is 25.2 Å². The van der Waals surface area contributed by atoms with E-state index in [0.717, 1.165) is 15.9 Å². The van der Waals surface area contributed by atoms with Crippen LogP contribution in [0.2, 0.25) is 0 Å². The molecule has 4 nitrogen and oxygen atoms in total. The van der Waals surface area contributed by atoms with Gasteiger partial charge in [-0.25, -0.2) is 9.07 Å². The van der Waals surface area contributed by atoms with Gasteiger partial charge < -0.3 is 10.5 Å². The Morgan fingerprint density at radius 1 is 1.35 bits per heavy atom. The lowest BCUT2D eigenvalue weighted by atomic mass is 10.2. The average Bonchev–Trinajstić information content (AvgIpc) is 2.60. The highest BCUT2D eigenvalue weighted by Gasteiger charge is 2.16. The van der Waals surface area contributed by atoms with Crippen LogP contribution in [0.25, 0.3) is 5.69 Å². The molecule has 0 fully saturated rings. The summed E-state index contributed by atoms with van der Waals surface area (Å²) in [6.45, 7) is 7.49. The number of nitrogens with two attached hydrogens (primary N) is 1. The Morgan fingerprint density at radius 2 is 2.00 bits per heavy atom. The van der Waals surface area contributed by atoms with Gasteiger partial charge in [0.15, 0.2) is 11.6 Å². The van der Waals surface area contributed by atoms with Gasteiger partial charge in [0.05, 0.1) is 33.3 Å². The quantitative estimate of drug-likeness (QED) is 0.864. The summed E-state index contributed by atoms with van der Waals surface area (Å²) in [5, 5.41) is 4.40. The number of nitrogens with zero attached hydrogens (tertiary/aromatic N) is 2. The van der Waals surface area contributed by atoms with Gasteiger partial charge in [-0.2, -0.15) is 5.10 Å². The van der Waals surface area contributed by atoms with Crippen LogP contribution in [-0.2, 0) is 0 Å². The Kier molecular flexibility index (Phi) is 4.04. The van der Waals surface area contributed by atoms with Gasteiger partial charge in [0.1, 0.15) is 0 Å². The first-order chi connectivity index (χ1) is 9.31. The van der Waals surface area contributed by atoms with E-state index in [4.69, 9.17) is 10.5 Å². The summed E-state index contributed by atoms with van der Waals surface area (Å²) in [4.78, 5) is 0. The number of aryl methyl sites for hydroxylation is 1. The zero-order valence-electron chi connectivity index (χ0n) is 11.9. The molecule has 2 rings (SSSR count). The summed E-state index contributed by atoms with van der Waals surface area (Å²) < 4.78 is 21.9. The summed E-state index contributed by atoms with van der Waals surface area (Å²) in [6.07, 6.45) is -0.117. The largest absolute Gasteiger partial charge is 0.488 e. The standard InChI is InChI=1S/C14H17BrFN3O/c1-7(2)20-13-6-12(11(17)5-10(13)16)19-9(4)14(15)8(3)18-19/h5-7H,17H2,1-4H3. The van der Waals surface area contributed by atoms with E-state index in [9.17, 15) is 4.39 Å². The van der Waals surface area contributed by atoms with Crippen molar-refractivity contribution in [3.63, 3.8) is 0 Å². The molecule has 0 radical (unpaired) electrons. The second-order valence-corrected chi connectivity index (χ2v) is 5.70. The molecule has 1 aromatic heterocycles. The molecule has 0 saturated carbocycles. The van der Waals surface area contributed by atoms with Crippen molar-refractivity contribution >= 4 is 21.6 Å². The van der Waals surface area contributed by atoms with Crippen LogP contribution >= 0.6 is 15.9 Å². The lowest BCUT2D eigenvalue weighted by molar-refractivity contribution is 0.231. The lowest BCUT2D eigenvalue weighted by Gasteiger charge is -2.14. The van der Waals surface area contributed by atoms with Crippen LogP contribution in [0, 0.1) is 19.7 Å². The number of hydrogen-bond acceptors (Lipinski definition) is 3. The van der Waals surface area contributed by atoms with Gasteiger partial charge >= 0.3 is 0 Å². The number of aromatic nitrogens is 2. The maximum Gasteiger partial charge on any atom is 0.167 e. The van der Waals surface area contributed by atoms with Crippen molar-refractivity contribution in [2.45, 2.75) is 33.8 Å². The summed E-state index contributed by atoms with van der Waals surface area (Å²) in [7, 11) is 0. The molecule has 2 N–H and O–H groups in total. The first kappa shape index (κ1) is 14.8. The molecule has 108 valence electrons. The summed E-state index contributed by atoms with van der Waals surface area (Å²) in [5.74, 6) is -0.298. The monoisotopic (exact) mass is 341 g/mol. The van der Waals surface area contributed by atoms with Gasteiger partial charge in [-0.1, -0.05) is 0 Å². The highest BCUT2D eigenvalue weighted by atomic mass is 79.9. The topological polar surface area (TPSA) is 53.1 Å². The van der Waals surface area contributed by atoms with Crippen molar-refractivity contribution in [2.24, 2.45) is 0 Å². The van der Waals surface area contributed by atoms with E-state index in [1.807, 2.05) is 27.7 Å². The summed E-state index contributed by atoms with van der Waals surface area (Å²) >= 11 is 3.47. The van der Waals surface area contributed by atoms with Crippen LogP contribution in [0.5, 0.6) is 5.75 Å². The average molecular weight is 342 g/mol. The highest BCUT2D eigenvalue weighted by molar-refractivity contribution is 9.10. The zero-order chi connectivity index (χ0) is 15.0. The Morgan fingerprint density at radius 3 is 2.50 bits per heavy atom. The smallest absolute Gasteiger partial charge is 0.167 e. The van der Waals surface area contributed by atoms with E-state index < -0.39 is 5.82 Å². The molecule has 20 heavy (non-hydrogen) atoms. The molecule has 0 bridgehead atoms. The van der Waals surface area contributed by atoms with Crippen molar-refractivity contribution in [2.75, 3.05) is 5.73 Å². The fraction of sp³-hybridized carbons (Fsp3) is 0.357. The van der Waals surface area contributed by atoms with Crippen LogP contribution in [0.3, 0.4) is 0 Å². The molecule has 6 heteroatoms. The zero-order valence-corrected chi connectivity index (χ0v) is 13.5. The molecule has 0 saturated heterocycles. The predicted octanol–water partition coefficient (Wildman–Crippen LogP) is 3.76. The van der Waals surface area contributed by atoms with Crippen molar-refractivity contribution in [3.8, 4) is 11.4 Å². The number of benzene rings is 1. The molecule has 1 heterocycles. The molecular formula is C14H17BrFN3O. The number of rotatable bonds is 3. The number of nitrogen functional groups attached to an aromatic ring is 1. The van der Waals surface area contributed by atoms with Gasteiger partial charge in [0.2, 0.25) is 0 Å². The summed E-state index contributed by atoms with van der Waals surface area (Å²) in [5.41, 5.74) is 8.58. The third kappa shape index (κ3) is 2.65. The fourth-order valence-electron chi connectivity index (χ4n) is 1.94. The highest BCUT2D eigenvalue weighted by Crippen LogP contribution is 2.30. The van der Waals surface area contributed by atoms with Gasteiger partial charge in [0, 0.05) is 12.1 Å². The lowest BCUT2D eigenvalue weighted by Crippen LogP contribution is -2.10. The Balaban J connectivity index is 2.58. The third-order valence-electron chi connectivity index (χ3n) is 2.88. The molecule has 1 aromatic carbocycles. The van der Waals surface area contributed by atoms with Gasteiger partial charge in [-0.05, 0) is 43.6 Å². The van der Waals surface area contributed by atoms with Crippen molar-refractivity contribution < 1.29 is 9.13 Å². The number of hydrogen-bond donors (Lipinski definition) is 1. The maximum absolute atomic E-state index is 13.8. The molecular weight excluding hydrogens is 325 g/mol. The first-order valence-corrected chi connectivity index (χ1v) is 7.08. The fourth-order valence-corrected chi connectivity index (χ4v) is 2.19. The second kappa shape index (κ2) is 5.44. The minimum Gasteiger partial charge on any atom is -0.488 e. The molecule has 0 aliphatic heterocycles. The third-order valence-corrected chi connectivity index (χ3v) is 4.02. The van der Waals surface area contributed by atoms with Gasteiger partial charge in [-0.3, -0.25) is 0 Å². The molecule has 0 spiro atoms. The van der Waals surface area contributed by atoms with Gasteiger partial charge in [-0.15, -0.1) is 0 Å². The van der Waals surface area contributed by atoms with E-state index in [-0.39, 0.29) is 11.9 Å². The number of ether oxygens (including phenoxy) is 1. The second-order valence-electron chi connectivity index (χ2n) is 4.90. The van der Waals surface area contributed by atoms with E-state index >= 15 is 0 Å². The van der Waals surface area contributed by atoms with E-state index in [0.29, 0.717) is 11.4 Å². The Bertz CT molecular complexity index is 652. The first-order valence-electron chi connectivity index (χ1n) is 6.29. The molecule has 0 atom stereocenters. The molecule has 0 unspecified atom stereocenters. The molecule has 0 aliphatic rings. The normalized spacial score (nSPS) is 11.2. The minimum atomic E-state index is -0.472. The van der Waals surface area contributed by atoms with Crippen LogP contribution in [0.4, 0.5) is 10.1 Å². The molecule has 0 amide bonds. The van der Waals surface area contributed by atoms with Crippen molar-refractivity contribution in [1.29, 1.82) is 0 Å². The van der Waals surface area contributed by atoms with E-state index in [1.54, 1.807) is 10.7 Å². The molecule has 2 aromatic rings. The molecule has 0 aliphatic carbocycles. The predicted molar refractivity (Wildman–Crippen MR) is 80.9 cm³/mol. The number of halogens is 2. The van der Waals surface area contributed by atoms with Crippen LogP contribution < -0.4 is 10.5 Å². The minimum absolute atomic E-state index is 0.117. The van der Waals surface area contributed by atoms with Gasteiger partial charge in [0.25, 0.3) is 0 Å². The number of anilines is 1. The van der Waals surface area contributed by atoms with Crippen LogP contribution in [0.15, 0.2) is 16.6 Å². The van der Waals surface area contributed by atoms with Crippen LogP contribution in [-0.4, -0.2) is 15.9 Å².